The Labute approximate surface area is 120 Å². The number of aromatic hydroxyl groups is 1. The first-order chi connectivity index (χ1) is 10.1. The Kier molecular flexibility index (Phi) is 2.90. The van der Waals surface area contributed by atoms with Crippen molar-refractivity contribution in [2.24, 2.45) is 0 Å². The lowest BCUT2D eigenvalue weighted by molar-refractivity contribution is 0.0995. The number of ether oxygens (including phenoxy) is 2. The van der Waals surface area contributed by atoms with Crippen molar-refractivity contribution in [1.82, 2.24) is 0 Å². The zero-order valence-corrected chi connectivity index (χ0v) is 11.5. The summed E-state index contributed by atoms with van der Waals surface area (Å²) in [7, 11) is 2.93. The van der Waals surface area contributed by atoms with Gasteiger partial charge in [-0.15, -0.1) is 0 Å². The molecule has 1 aliphatic carbocycles. The molecule has 0 unspecified atom stereocenters. The van der Waals surface area contributed by atoms with Gasteiger partial charge in [0.15, 0.2) is 11.6 Å². The van der Waals surface area contributed by atoms with E-state index in [4.69, 9.17) is 9.47 Å². The molecule has 5 nitrogen and oxygen atoms in total. The zero-order chi connectivity index (χ0) is 15.1. The lowest BCUT2D eigenvalue weighted by Gasteiger charge is -2.17. The Morgan fingerprint density at radius 1 is 0.905 bits per heavy atom. The molecule has 2 aromatic carbocycles. The summed E-state index contributed by atoms with van der Waals surface area (Å²) in [5, 5.41) is 11.0. The number of fused-ring (bicyclic) bond motifs is 3. The fourth-order valence-electron chi connectivity index (χ4n) is 2.60. The molecule has 1 aliphatic rings. The molecule has 0 aliphatic heterocycles. The third kappa shape index (κ3) is 1.78. The van der Waals surface area contributed by atoms with Gasteiger partial charge in [-0.1, -0.05) is 0 Å². The van der Waals surface area contributed by atoms with E-state index in [0.29, 0.717) is 22.3 Å². The fourth-order valence-corrected chi connectivity index (χ4v) is 2.60. The highest BCUT2D eigenvalue weighted by atomic mass is 16.5. The molecule has 0 saturated carbocycles. The summed E-state index contributed by atoms with van der Waals surface area (Å²) in [5.74, 6) is 0.0408. The molecular weight excluding hydrogens is 272 g/mol. The minimum Gasteiger partial charge on any atom is -0.507 e. The second kappa shape index (κ2) is 4.63. The first-order valence-corrected chi connectivity index (χ1v) is 6.26. The van der Waals surface area contributed by atoms with Crippen LogP contribution in [0.4, 0.5) is 0 Å². The zero-order valence-electron chi connectivity index (χ0n) is 11.5. The molecule has 106 valence electrons. The van der Waals surface area contributed by atoms with Gasteiger partial charge in [-0.3, -0.25) is 9.59 Å². The Hall–Kier alpha value is -2.82. The highest BCUT2D eigenvalue weighted by molar-refractivity contribution is 6.28. The number of benzene rings is 2. The monoisotopic (exact) mass is 284 g/mol. The van der Waals surface area contributed by atoms with Crippen LogP contribution in [0.3, 0.4) is 0 Å². The molecule has 0 heterocycles. The number of phenolic OH excluding ortho intramolecular Hbond substituents is 1. The molecule has 0 atom stereocenters. The first kappa shape index (κ1) is 13.2. The van der Waals surface area contributed by atoms with E-state index in [2.05, 4.69) is 0 Å². The van der Waals surface area contributed by atoms with Gasteiger partial charge in [-0.25, -0.2) is 0 Å². The molecule has 0 radical (unpaired) electrons. The van der Waals surface area contributed by atoms with Crippen LogP contribution in [0.25, 0.3) is 10.8 Å². The van der Waals surface area contributed by atoms with E-state index in [9.17, 15) is 14.7 Å². The fraction of sp³-hybridized carbons (Fsp3) is 0.125. The second-order valence-electron chi connectivity index (χ2n) is 4.60. The van der Waals surface area contributed by atoms with Crippen molar-refractivity contribution in [2.45, 2.75) is 0 Å². The van der Waals surface area contributed by atoms with E-state index in [0.717, 1.165) is 0 Å². The van der Waals surface area contributed by atoms with E-state index in [1.54, 1.807) is 12.1 Å². The highest BCUT2D eigenvalue weighted by Crippen LogP contribution is 2.43. The van der Waals surface area contributed by atoms with E-state index in [-0.39, 0.29) is 28.4 Å². The van der Waals surface area contributed by atoms with Crippen molar-refractivity contribution < 1.29 is 24.2 Å². The maximum absolute atomic E-state index is 12.2. The summed E-state index contributed by atoms with van der Waals surface area (Å²) >= 11 is 0. The molecule has 0 aromatic heterocycles. The van der Waals surface area contributed by atoms with E-state index < -0.39 is 0 Å². The molecule has 0 spiro atoms. The third-order valence-corrected chi connectivity index (χ3v) is 3.52. The quantitative estimate of drug-likeness (QED) is 0.917. The molecule has 5 heteroatoms. The van der Waals surface area contributed by atoms with Crippen molar-refractivity contribution in [3.8, 4) is 17.2 Å². The van der Waals surface area contributed by atoms with Gasteiger partial charge in [0.1, 0.15) is 17.2 Å². The average Bonchev–Trinajstić information content (AvgIpc) is 2.49. The van der Waals surface area contributed by atoms with Crippen LogP contribution in [0.1, 0.15) is 20.7 Å². The minimum absolute atomic E-state index is 0.129. The normalized spacial score (nSPS) is 13.4. The van der Waals surface area contributed by atoms with Crippen molar-refractivity contribution in [3.63, 3.8) is 0 Å². The van der Waals surface area contributed by atoms with Crippen LogP contribution in [0.15, 0.2) is 30.4 Å². The van der Waals surface area contributed by atoms with Crippen molar-refractivity contribution in [2.75, 3.05) is 14.2 Å². The summed E-state index contributed by atoms with van der Waals surface area (Å²) < 4.78 is 10.5. The average molecular weight is 284 g/mol. The van der Waals surface area contributed by atoms with Crippen LogP contribution in [0.5, 0.6) is 17.2 Å². The number of methoxy groups -OCH3 is 2. The number of carbonyl (C=O) groups excluding carboxylic acids is 2. The van der Waals surface area contributed by atoms with Crippen LogP contribution in [0, 0.1) is 0 Å². The van der Waals surface area contributed by atoms with Gasteiger partial charge in [0, 0.05) is 16.5 Å². The molecule has 1 N–H and O–H groups in total. The first-order valence-electron chi connectivity index (χ1n) is 6.26. The SMILES string of the molecule is COc1ccc(OC)c2c3c(cc(O)c12)C(=O)C=CC3=O. The Bertz CT molecular complexity index is 817. The van der Waals surface area contributed by atoms with Crippen LogP contribution in [0.2, 0.25) is 0 Å². The summed E-state index contributed by atoms with van der Waals surface area (Å²) in [6, 6.07) is 4.57. The number of carbonyl (C=O) groups is 2. The van der Waals surface area contributed by atoms with Gasteiger partial charge in [-0.05, 0) is 30.4 Å². The topological polar surface area (TPSA) is 72.8 Å². The molecule has 3 rings (SSSR count). The van der Waals surface area contributed by atoms with Crippen LogP contribution < -0.4 is 9.47 Å². The number of hydrogen-bond acceptors (Lipinski definition) is 5. The molecular formula is C16H12O5. The summed E-state index contributed by atoms with van der Waals surface area (Å²) in [6.45, 7) is 0. The second-order valence-corrected chi connectivity index (χ2v) is 4.60. The Morgan fingerprint density at radius 2 is 1.48 bits per heavy atom. The Balaban J connectivity index is 2.56. The van der Waals surface area contributed by atoms with Gasteiger partial charge < -0.3 is 14.6 Å². The van der Waals surface area contributed by atoms with Crippen molar-refractivity contribution in [1.29, 1.82) is 0 Å². The van der Waals surface area contributed by atoms with Gasteiger partial charge in [0.05, 0.1) is 19.6 Å². The summed E-state index contributed by atoms with van der Waals surface area (Å²) in [6.07, 6.45) is 2.42. The van der Waals surface area contributed by atoms with E-state index in [1.165, 1.54) is 32.4 Å². The molecule has 0 bridgehead atoms. The molecule has 21 heavy (non-hydrogen) atoms. The maximum Gasteiger partial charge on any atom is 0.187 e. The molecule has 0 amide bonds. The number of hydrogen-bond donors (Lipinski definition) is 1. The van der Waals surface area contributed by atoms with Gasteiger partial charge in [0.2, 0.25) is 0 Å². The van der Waals surface area contributed by atoms with Gasteiger partial charge in [0.25, 0.3) is 0 Å². The lowest BCUT2D eigenvalue weighted by atomic mass is 9.88. The maximum atomic E-state index is 12.2. The number of ketones is 2. The number of phenols is 1. The van der Waals surface area contributed by atoms with Gasteiger partial charge in [-0.2, -0.15) is 0 Å². The minimum atomic E-state index is -0.327. The molecule has 0 fully saturated rings. The lowest BCUT2D eigenvalue weighted by Crippen LogP contribution is -2.12. The largest absolute Gasteiger partial charge is 0.507 e. The van der Waals surface area contributed by atoms with Crippen molar-refractivity contribution >= 4 is 22.3 Å². The number of rotatable bonds is 2. The van der Waals surface area contributed by atoms with Crippen LogP contribution in [-0.4, -0.2) is 30.9 Å². The van der Waals surface area contributed by atoms with Crippen LogP contribution >= 0.6 is 0 Å². The van der Waals surface area contributed by atoms with Crippen LogP contribution in [-0.2, 0) is 0 Å². The smallest absolute Gasteiger partial charge is 0.187 e. The Morgan fingerprint density at radius 3 is 2.10 bits per heavy atom. The highest BCUT2D eigenvalue weighted by Gasteiger charge is 2.27. The molecule has 2 aromatic rings. The van der Waals surface area contributed by atoms with Gasteiger partial charge >= 0.3 is 0 Å². The third-order valence-electron chi connectivity index (χ3n) is 3.52. The van der Waals surface area contributed by atoms with E-state index >= 15 is 0 Å². The summed E-state index contributed by atoms with van der Waals surface area (Å²) in [5.41, 5.74) is 0.394. The summed E-state index contributed by atoms with van der Waals surface area (Å²) in [4.78, 5) is 24.2. The van der Waals surface area contributed by atoms with E-state index in [1.807, 2.05) is 0 Å². The van der Waals surface area contributed by atoms with Crippen molar-refractivity contribution in [3.05, 3.63) is 41.5 Å². The predicted octanol–water partition coefficient (Wildman–Crippen LogP) is 2.50. The predicted molar refractivity (Wildman–Crippen MR) is 76.5 cm³/mol. The molecule has 0 saturated heterocycles. The number of allylic oxidation sites excluding steroid dienone is 2. The standard InChI is InChI=1S/C16H12O5/c1-20-12-5-6-13(21-2)16-14-8(7-11(19)15(12)16)9(17)3-4-10(14)18/h3-7,19H,1-2H3.